The number of morpholine rings is 1. The minimum absolute atomic E-state index is 0.00523. The van der Waals surface area contributed by atoms with E-state index in [0.717, 1.165) is 19.0 Å². The monoisotopic (exact) mass is 281 g/mol. The quantitative estimate of drug-likeness (QED) is 0.921. The maximum atomic E-state index is 13.5. The van der Waals surface area contributed by atoms with Gasteiger partial charge < -0.3 is 9.84 Å². The van der Waals surface area contributed by atoms with Gasteiger partial charge in [0.05, 0.1) is 18.3 Å². The summed E-state index contributed by atoms with van der Waals surface area (Å²) in [5.41, 5.74) is 0.685. The fraction of sp³-hybridized carbons (Fsp3) is 0.533. The zero-order valence-corrected chi connectivity index (χ0v) is 11.8. The van der Waals surface area contributed by atoms with Crippen LogP contribution in [0.15, 0.2) is 18.2 Å². The number of hydrogen-bond acceptors (Lipinski definition) is 3. The molecule has 0 saturated carbocycles. The van der Waals surface area contributed by atoms with Crippen molar-refractivity contribution >= 4 is 5.97 Å². The number of rotatable bonds is 4. The van der Waals surface area contributed by atoms with Crippen LogP contribution in [-0.2, 0) is 11.3 Å². The molecule has 0 spiro atoms. The minimum Gasteiger partial charge on any atom is -0.478 e. The molecule has 1 aliphatic heterocycles. The van der Waals surface area contributed by atoms with Crippen LogP contribution >= 0.6 is 0 Å². The van der Waals surface area contributed by atoms with Crippen LogP contribution in [0.2, 0.25) is 0 Å². The molecule has 1 aromatic carbocycles. The molecule has 2 atom stereocenters. The van der Waals surface area contributed by atoms with Gasteiger partial charge in [-0.15, -0.1) is 0 Å². The van der Waals surface area contributed by atoms with Gasteiger partial charge >= 0.3 is 5.97 Å². The zero-order valence-electron chi connectivity index (χ0n) is 11.8. The summed E-state index contributed by atoms with van der Waals surface area (Å²) in [7, 11) is 0. The minimum atomic E-state index is -1.10. The molecule has 0 bridgehead atoms. The molecule has 110 valence electrons. The largest absolute Gasteiger partial charge is 0.478 e. The predicted octanol–water partition coefficient (Wildman–Crippen LogP) is 2.52. The third-order valence-corrected chi connectivity index (χ3v) is 3.64. The summed E-state index contributed by atoms with van der Waals surface area (Å²) in [5.74, 6) is -1.61. The van der Waals surface area contributed by atoms with E-state index in [9.17, 15) is 9.18 Å². The molecule has 0 aromatic heterocycles. The van der Waals surface area contributed by atoms with Crippen LogP contribution in [0.4, 0.5) is 4.39 Å². The van der Waals surface area contributed by atoms with Crippen LogP contribution in [0.3, 0.4) is 0 Å². The Morgan fingerprint density at radius 3 is 2.90 bits per heavy atom. The third kappa shape index (κ3) is 3.55. The molecule has 1 aromatic rings. The van der Waals surface area contributed by atoms with E-state index < -0.39 is 11.8 Å². The maximum Gasteiger partial charge on any atom is 0.335 e. The highest BCUT2D eigenvalue weighted by atomic mass is 19.1. The summed E-state index contributed by atoms with van der Waals surface area (Å²) in [6.07, 6.45) is 1.10. The lowest BCUT2D eigenvalue weighted by Crippen LogP contribution is -2.47. The van der Waals surface area contributed by atoms with Gasteiger partial charge in [0.1, 0.15) is 5.82 Å². The number of halogens is 1. The second-order valence-corrected chi connectivity index (χ2v) is 5.29. The fourth-order valence-electron chi connectivity index (χ4n) is 2.58. The van der Waals surface area contributed by atoms with Crippen LogP contribution in [0.25, 0.3) is 0 Å². The predicted molar refractivity (Wildman–Crippen MR) is 73.3 cm³/mol. The first kappa shape index (κ1) is 14.9. The van der Waals surface area contributed by atoms with Gasteiger partial charge in [0.2, 0.25) is 0 Å². The standard InChI is InChI=1S/C15H20FNO3/c1-3-14-9-20-10(2)7-17(14)8-11-4-12(15(18)19)6-13(16)5-11/h4-6,10,14H,3,7-9H2,1-2H3,(H,18,19). The summed E-state index contributed by atoms with van der Waals surface area (Å²) in [6.45, 7) is 6.08. The summed E-state index contributed by atoms with van der Waals surface area (Å²) < 4.78 is 19.1. The van der Waals surface area contributed by atoms with Crippen LogP contribution in [-0.4, -0.2) is 41.3 Å². The van der Waals surface area contributed by atoms with E-state index in [0.29, 0.717) is 24.8 Å². The van der Waals surface area contributed by atoms with E-state index in [1.54, 1.807) is 0 Å². The number of hydrogen-bond donors (Lipinski definition) is 1. The molecule has 5 heteroatoms. The molecule has 1 fully saturated rings. The van der Waals surface area contributed by atoms with Crippen LogP contribution in [0, 0.1) is 5.82 Å². The van der Waals surface area contributed by atoms with Crippen LogP contribution in [0.1, 0.15) is 36.2 Å². The zero-order chi connectivity index (χ0) is 14.7. The normalized spacial score (nSPS) is 23.8. The molecular formula is C15H20FNO3. The van der Waals surface area contributed by atoms with Gasteiger partial charge in [0.15, 0.2) is 0 Å². The Hall–Kier alpha value is -1.46. The molecular weight excluding hydrogens is 261 g/mol. The molecule has 1 aliphatic rings. The maximum absolute atomic E-state index is 13.5. The van der Waals surface area contributed by atoms with Crippen molar-refractivity contribution in [2.45, 2.75) is 39.0 Å². The van der Waals surface area contributed by atoms with E-state index in [-0.39, 0.29) is 11.7 Å². The molecule has 4 nitrogen and oxygen atoms in total. The van der Waals surface area contributed by atoms with Gasteiger partial charge in [-0.05, 0) is 37.1 Å². The molecule has 0 amide bonds. The fourth-order valence-corrected chi connectivity index (χ4v) is 2.58. The Morgan fingerprint density at radius 2 is 2.25 bits per heavy atom. The number of ether oxygens (including phenoxy) is 1. The summed E-state index contributed by atoms with van der Waals surface area (Å²) in [5, 5.41) is 8.98. The average Bonchev–Trinajstić information content (AvgIpc) is 2.38. The van der Waals surface area contributed by atoms with E-state index in [1.807, 2.05) is 6.92 Å². The number of nitrogens with zero attached hydrogens (tertiary/aromatic N) is 1. The third-order valence-electron chi connectivity index (χ3n) is 3.64. The smallest absolute Gasteiger partial charge is 0.335 e. The van der Waals surface area contributed by atoms with E-state index in [4.69, 9.17) is 9.84 Å². The Bertz CT molecular complexity index is 492. The summed E-state index contributed by atoms with van der Waals surface area (Å²) >= 11 is 0. The van der Waals surface area contributed by atoms with Crippen molar-refractivity contribution in [1.29, 1.82) is 0 Å². The highest BCUT2D eigenvalue weighted by molar-refractivity contribution is 5.87. The lowest BCUT2D eigenvalue weighted by atomic mass is 10.1. The molecule has 1 N–H and O–H groups in total. The molecule has 0 aliphatic carbocycles. The Morgan fingerprint density at radius 1 is 1.50 bits per heavy atom. The van der Waals surface area contributed by atoms with Crippen molar-refractivity contribution in [2.24, 2.45) is 0 Å². The van der Waals surface area contributed by atoms with Crippen LogP contribution in [0.5, 0.6) is 0 Å². The number of carboxylic acid groups (broad SMARTS) is 1. The molecule has 2 unspecified atom stereocenters. The van der Waals surface area contributed by atoms with Crippen molar-refractivity contribution < 1.29 is 19.0 Å². The van der Waals surface area contributed by atoms with Gasteiger partial charge in [0.25, 0.3) is 0 Å². The lowest BCUT2D eigenvalue weighted by molar-refractivity contribution is -0.0592. The lowest BCUT2D eigenvalue weighted by Gasteiger charge is -2.38. The second-order valence-electron chi connectivity index (χ2n) is 5.29. The first-order valence-corrected chi connectivity index (χ1v) is 6.88. The van der Waals surface area contributed by atoms with E-state index in [1.165, 1.54) is 12.1 Å². The van der Waals surface area contributed by atoms with Crippen molar-refractivity contribution in [3.63, 3.8) is 0 Å². The van der Waals surface area contributed by atoms with Gasteiger partial charge in [-0.3, -0.25) is 4.90 Å². The highest BCUT2D eigenvalue weighted by Crippen LogP contribution is 2.19. The molecule has 1 heterocycles. The topological polar surface area (TPSA) is 49.8 Å². The summed E-state index contributed by atoms with van der Waals surface area (Å²) in [4.78, 5) is 13.2. The Balaban J connectivity index is 2.17. The SMILES string of the molecule is CCC1COC(C)CN1Cc1cc(F)cc(C(=O)O)c1. The molecule has 1 saturated heterocycles. The van der Waals surface area contributed by atoms with Gasteiger partial charge in [0, 0.05) is 19.1 Å². The average molecular weight is 281 g/mol. The first-order chi connectivity index (χ1) is 9.49. The number of carbonyl (C=O) groups is 1. The van der Waals surface area contributed by atoms with Gasteiger partial charge in [-0.25, -0.2) is 9.18 Å². The molecule has 2 rings (SSSR count). The highest BCUT2D eigenvalue weighted by Gasteiger charge is 2.25. The van der Waals surface area contributed by atoms with Crippen molar-refractivity contribution in [1.82, 2.24) is 4.90 Å². The van der Waals surface area contributed by atoms with E-state index >= 15 is 0 Å². The van der Waals surface area contributed by atoms with Crippen molar-refractivity contribution in [3.8, 4) is 0 Å². The van der Waals surface area contributed by atoms with Crippen LogP contribution < -0.4 is 0 Å². The number of aromatic carboxylic acids is 1. The Labute approximate surface area is 118 Å². The number of benzene rings is 1. The molecule has 20 heavy (non-hydrogen) atoms. The van der Waals surface area contributed by atoms with Gasteiger partial charge in [-0.1, -0.05) is 6.92 Å². The van der Waals surface area contributed by atoms with Crippen molar-refractivity contribution in [2.75, 3.05) is 13.2 Å². The Kier molecular flexibility index (Phi) is 4.73. The summed E-state index contributed by atoms with van der Waals surface area (Å²) in [6, 6.07) is 4.28. The number of carboxylic acids is 1. The molecule has 0 radical (unpaired) electrons. The second kappa shape index (κ2) is 6.33. The van der Waals surface area contributed by atoms with Gasteiger partial charge in [-0.2, -0.15) is 0 Å². The van der Waals surface area contributed by atoms with E-state index in [2.05, 4.69) is 11.8 Å². The van der Waals surface area contributed by atoms with Crippen molar-refractivity contribution in [3.05, 3.63) is 35.1 Å². The first-order valence-electron chi connectivity index (χ1n) is 6.88.